The zero-order chi connectivity index (χ0) is 17.8. The van der Waals surface area contributed by atoms with Crippen molar-refractivity contribution >= 4 is 17.6 Å². The lowest BCUT2D eigenvalue weighted by molar-refractivity contribution is -0.0150. The van der Waals surface area contributed by atoms with E-state index in [1.54, 1.807) is 6.07 Å². The van der Waals surface area contributed by atoms with Crippen LogP contribution >= 0.6 is 0 Å². The number of rotatable bonds is 7. The third kappa shape index (κ3) is 4.16. The van der Waals surface area contributed by atoms with Crippen LogP contribution in [0, 0.1) is 0 Å². The summed E-state index contributed by atoms with van der Waals surface area (Å²) in [6, 6.07) is 14.4. The molecule has 0 spiro atoms. The van der Waals surface area contributed by atoms with Gasteiger partial charge in [-0.05, 0) is 36.6 Å². The minimum absolute atomic E-state index is 0.176. The molecule has 3 rings (SSSR count). The minimum Gasteiger partial charge on any atom is -0.478 e. The average Bonchev–Trinajstić information content (AvgIpc) is 2.57. The largest absolute Gasteiger partial charge is 0.478 e. The van der Waals surface area contributed by atoms with E-state index >= 15 is 0 Å². The van der Waals surface area contributed by atoms with Crippen molar-refractivity contribution in [2.24, 2.45) is 0 Å². The van der Waals surface area contributed by atoms with Gasteiger partial charge in [0.05, 0.1) is 23.8 Å². The molecule has 2 aromatic carbocycles. The molecule has 1 saturated carbocycles. The molecule has 2 aromatic rings. The molecular formula is C19H19NO5. The fourth-order valence-electron chi connectivity index (χ4n) is 2.84. The Balaban J connectivity index is 1.52. The van der Waals surface area contributed by atoms with Gasteiger partial charge in [-0.15, -0.1) is 0 Å². The summed E-state index contributed by atoms with van der Waals surface area (Å²) >= 11 is 0. The molecule has 0 bridgehead atoms. The highest BCUT2D eigenvalue weighted by atomic mass is 16.5. The van der Waals surface area contributed by atoms with Crippen LogP contribution in [-0.4, -0.2) is 34.3 Å². The predicted octanol–water partition coefficient (Wildman–Crippen LogP) is 3.24. The molecule has 0 aromatic heterocycles. The molecule has 1 aliphatic rings. The Labute approximate surface area is 145 Å². The number of carboxylic acid groups (broad SMARTS) is 2. The number of carbonyl (C=O) groups is 2. The summed E-state index contributed by atoms with van der Waals surface area (Å²) in [5, 5.41) is 21.4. The molecule has 0 aliphatic heterocycles. The van der Waals surface area contributed by atoms with Gasteiger partial charge in [0, 0.05) is 11.7 Å². The molecule has 3 N–H and O–H groups in total. The molecule has 0 unspecified atom stereocenters. The second-order valence-electron chi connectivity index (χ2n) is 6.10. The molecule has 0 amide bonds. The molecule has 6 heteroatoms. The van der Waals surface area contributed by atoms with Crippen LogP contribution < -0.4 is 5.32 Å². The van der Waals surface area contributed by atoms with Gasteiger partial charge in [0.25, 0.3) is 0 Å². The molecule has 0 heterocycles. The number of benzene rings is 2. The number of anilines is 1. The van der Waals surface area contributed by atoms with Gasteiger partial charge in [-0.25, -0.2) is 9.59 Å². The van der Waals surface area contributed by atoms with Gasteiger partial charge in [-0.2, -0.15) is 0 Å². The Morgan fingerprint density at radius 1 is 1.00 bits per heavy atom. The van der Waals surface area contributed by atoms with Crippen LogP contribution in [0.25, 0.3) is 0 Å². The molecule has 130 valence electrons. The van der Waals surface area contributed by atoms with Crippen molar-refractivity contribution in [3.05, 3.63) is 65.2 Å². The van der Waals surface area contributed by atoms with Crippen molar-refractivity contribution in [2.45, 2.75) is 31.6 Å². The van der Waals surface area contributed by atoms with Crippen molar-refractivity contribution in [3.63, 3.8) is 0 Å². The summed E-state index contributed by atoms with van der Waals surface area (Å²) in [6.07, 6.45) is 1.83. The van der Waals surface area contributed by atoms with Crippen LogP contribution in [0.4, 0.5) is 5.69 Å². The van der Waals surface area contributed by atoms with Crippen LogP contribution in [0.1, 0.15) is 39.1 Å². The number of nitrogens with one attached hydrogen (secondary N) is 1. The first-order chi connectivity index (χ1) is 12.0. The molecule has 6 nitrogen and oxygen atoms in total. The normalized spacial score (nSPS) is 19.0. The maximum Gasteiger partial charge on any atom is 0.336 e. The van der Waals surface area contributed by atoms with E-state index in [0.29, 0.717) is 12.3 Å². The lowest BCUT2D eigenvalue weighted by atomic mass is 9.89. The third-order valence-electron chi connectivity index (χ3n) is 4.27. The SMILES string of the molecule is O=C(O)c1ccc(NC2CC(OCc3ccccc3)C2)cc1C(=O)O. The Kier molecular flexibility index (Phi) is 5.00. The third-order valence-corrected chi connectivity index (χ3v) is 4.27. The van der Waals surface area contributed by atoms with E-state index in [-0.39, 0.29) is 23.3 Å². The van der Waals surface area contributed by atoms with E-state index in [1.807, 2.05) is 30.3 Å². The lowest BCUT2D eigenvalue weighted by Crippen LogP contribution is -2.40. The Morgan fingerprint density at radius 3 is 2.32 bits per heavy atom. The summed E-state index contributed by atoms with van der Waals surface area (Å²) in [5.74, 6) is -2.50. The van der Waals surface area contributed by atoms with Crippen LogP contribution in [0.2, 0.25) is 0 Å². The molecule has 1 aliphatic carbocycles. The van der Waals surface area contributed by atoms with E-state index in [4.69, 9.17) is 14.9 Å². The first-order valence-corrected chi connectivity index (χ1v) is 8.05. The van der Waals surface area contributed by atoms with E-state index < -0.39 is 11.9 Å². The van der Waals surface area contributed by atoms with Crippen molar-refractivity contribution in [3.8, 4) is 0 Å². The number of ether oxygens (including phenoxy) is 1. The van der Waals surface area contributed by atoms with Gasteiger partial charge in [0.2, 0.25) is 0 Å². The second kappa shape index (κ2) is 7.36. The average molecular weight is 341 g/mol. The Hall–Kier alpha value is -2.86. The summed E-state index contributed by atoms with van der Waals surface area (Å²) in [6.45, 7) is 0.578. The lowest BCUT2D eigenvalue weighted by Gasteiger charge is -2.36. The predicted molar refractivity (Wildman–Crippen MR) is 92.0 cm³/mol. The summed E-state index contributed by atoms with van der Waals surface area (Å²) < 4.78 is 5.83. The maximum absolute atomic E-state index is 11.2. The van der Waals surface area contributed by atoms with E-state index in [9.17, 15) is 9.59 Å². The van der Waals surface area contributed by atoms with Gasteiger partial charge in [0.15, 0.2) is 0 Å². The van der Waals surface area contributed by atoms with E-state index in [2.05, 4.69) is 5.32 Å². The fraction of sp³-hybridized carbons (Fsp3) is 0.263. The molecular weight excluding hydrogens is 322 g/mol. The summed E-state index contributed by atoms with van der Waals surface area (Å²) in [4.78, 5) is 22.3. The van der Waals surface area contributed by atoms with Gasteiger partial charge in [-0.1, -0.05) is 30.3 Å². The minimum atomic E-state index is -1.25. The highest BCUT2D eigenvalue weighted by Gasteiger charge is 2.30. The molecule has 0 radical (unpaired) electrons. The molecule has 25 heavy (non-hydrogen) atoms. The summed E-state index contributed by atoms with van der Waals surface area (Å²) in [7, 11) is 0. The first-order valence-electron chi connectivity index (χ1n) is 8.05. The van der Waals surface area contributed by atoms with Gasteiger partial charge < -0.3 is 20.3 Å². The maximum atomic E-state index is 11.2. The van der Waals surface area contributed by atoms with Gasteiger partial charge >= 0.3 is 11.9 Å². The standard InChI is InChI=1S/C19H19NO5/c21-18(22)16-7-6-13(10-17(16)19(23)24)20-14-8-15(9-14)25-11-12-4-2-1-3-5-12/h1-7,10,14-15,20H,8-9,11H2,(H,21,22)(H,23,24). The highest BCUT2D eigenvalue weighted by Crippen LogP contribution is 2.28. The van der Waals surface area contributed by atoms with E-state index in [0.717, 1.165) is 18.4 Å². The Morgan fingerprint density at radius 2 is 1.68 bits per heavy atom. The van der Waals surface area contributed by atoms with Crippen molar-refractivity contribution in [2.75, 3.05) is 5.32 Å². The highest BCUT2D eigenvalue weighted by molar-refractivity contribution is 6.02. The van der Waals surface area contributed by atoms with E-state index in [1.165, 1.54) is 12.1 Å². The van der Waals surface area contributed by atoms with Crippen LogP contribution in [0.3, 0.4) is 0 Å². The first kappa shape index (κ1) is 17.0. The monoisotopic (exact) mass is 341 g/mol. The number of aromatic carboxylic acids is 2. The quantitative estimate of drug-likeness (QED) is 0.715. The zero-order valence-electron chi connectivity index (χ0n) is 13.5. The zero-order valence-corrected chi connectivity index (χ0v) is 13.5. The van der Waals surface area contributed by atoms with Gasteiger partial charge in [0.1, 0.15) is 0 Å². The molecule has 0 saturated heterocycles. The van der Waals surface area contributed by atoms with Crippen molar-refractivity contribution in [1.29, 1.82) is 0 Å². The van der Waals surface area contributed by atoms with Gasteiger partial charge in [-0.3, -0.25) is 0 Å². The Bertz CT molecular complexity index is 769. The number of carboxylic acids is 2. The molecule has 1 fully saturated rings. The van der Waals surface area contributed by atoms with Crippen molar-refractivity contribution in [1.82, 2.24) is 0 Å². The van der Waals surface area contributed by atoms with Crippen molar-refractivity contribution < 1.29 is 24.5 Å². The number of hydrogen-bond acceptors (Lipinski definition) is 4. The smallest absolute Gasteiger partial charge is 0.336 e. The topological polar surface area (TPSA) is 95.9 Å². The summed E-state index contributed by atoms with van der Waals surface area (Å²) in [5.41, 5.74) is 1.31. The molecule has 0 atom stereocenters. The number of hydrogen-bond donors (Lipinski definition) is 3. The van der Waals surface area contributed by atoms with Crippen LogP contribution in [-0.2, 0) is 11.3 Å². The fourth-order valence-corrected chi connectivity index (χ4v) is 2.84. The van der Waals surface area contributed by atoms with Crippen LogP contribution in [0.15, 0.2) is 48.5 Å². The van der Waals surface area contributed by atoms with Crippen LogP contribution in [0.5, 0.6) is 0 Å². The second-order valence-corrected chi connectivity index (χ2v) is 6.10.